The average molecular weight is 415 g/mol. The Bertz CT molecular complexity index is 980. The van der Waals surface area contributed by atoms with E-state index < -0.39 is 6.10 Å². The third-order valence-corrected chi connectivity index (χ3v) is 5.00. The van der Waals surface area contributed by atoms with Crippen molar-refractivity contribution >= 4 is 17.7 Å². The molecule has 29 heavy (non-hydrogen) atoms. The largest absolute Gasteiger partial charge is 0.485 e. The Morgan fingerprint density at radius 1 is 1.14 bits per heavy atom. The molecule has 2 heterocycles. The Balaban J connectivity index is 1.22. The van der Waals surface area contributed by atoms with Crippen LogP contribution in [-0.4, -0.2) is 35.0 Å². The highest BCUT2D eigenvalue weighted by molar-refractivity contribution is 7.99. The first kappa shape index (κ1) is 19.3. The van der Waals surface area contributed by atoms with E-state index in [4.69, 9.17) is 13.9 Å². The molecule has 9 heteroatoms. The number of hydrogen-bond donors (Lipinski definition) is 1. The number of thioether (sulfide) groups is 1. The van der Waals surface area contributed by atoms with E-state index in [0.717, 1.165) is 17.3 Å². The molecule has 0 aliphatic carbocycles. The van der Waals surface area contributed by atoms with Gasteiger partial charge >= 0.3 is 0 Å². The number of para-hydroxylation sites is 2. The van der Waals surface area contributed by atoms with Crippen LogP contribution in [-0.2, 0) is 11.2 Å². The fourth-order valence-electron chi connectivity index (χ4n) is 2.73. The Morgan fingerprint density at radius 2 is 1.93 bits per heavy atom. The van der Waals surface area contributed by atoms with Crippen LogP contribution in [0.15, 0.2) is 58.2 Å². The monoisotopic (exact) mass is 415 g/mol. The summed E-state index contributed by atoms with van der Waals surface area (Å²) in [7, 11) is 0. The molecule has 150 valence electrons. The highest BCUT2D eigenvalue weighted by atomic mass is 32.2. The van der Waals surface area contributed by atoms with Gasteiger partial charge in [-0.25, -0.2) is 4.39 Å². The zero-order chi connectivity index (χ0) is 20.1. The Hall–Kier alpha value is -3.07. The molecule has 1 amide bonds. The topological polar surface area (TPSA) is 86.5 Å². The third-order valence-electron chi connectivity index (χ3n) is 4.18. The number of halogens is 1. The molecular formula is C20H18FN3O4S. The summed E-state index contributed by atoms with van der Waals surface area (Å²) in [5.41, 5.74) is 0.956. The van der Waals surface area contributed by atoms with Crippen molar-refractivity contribution in [3.8, 4) is 11.5 Å². The molecule has 0 spiro atoms. The summed E-state index contributed by atoms with van der Waals surface area (Å²) in [5.74, 6) is 1.33. The SMILES string of the molecule is O=C(CSc1nnc([C@@H]2COc3ccccc3O2)o1)NCCc1ccc(F)cc1. The normalized spacial score (nSPS) is 15.1. The summed E-state index contributed by atoms with van der Waals surface area (Å²) in [4.78, 5) is 12.0. The molecule has 1 aliphatic rings. The molecule has 7 nitrogen and oxygen atoms in total. The van der Waals surface area contributed by atoms with Crippen molar-refractivity contribution in [1.82, 2.24) is 15.5 Å². The van der Waals surface area contributed by atoms with Gasteiger partial charge in [0, 0.05) is 6.54 Å². The highest BCUT2D eigenvalue weighted by Gasteiger charge is 2.27. The smallest absolute Gasteiger partial charge is 0.277 e. The summed E-state index contributed by atoms with van der Waals surface area (Å²) in [6.45, 7) is 0.736. The van der Waals surface area contributed by atoms with Gasteiger partial charge in [0.1, 0.15) is 12.4 Å². The molecule has 0 fully saturated rings. The molecule has 0 saturated carbocycles. The van der Waals surface area contributed by atoms with E-state index >= 15 is 0 Å². The standard InChI is InChI=1S/C20H18FN3O4S/c21-14-7-5-13(6-8-14)9-10-22-18(25)12-29-20-24-23-19(28-20)17-11-26-15-3-1-2-4-16(15)27-17/h1-8,17H,9-12H2,(H,22,25)/t17-/m0/s1. The van der Waals surface area contributed by atoms with Crippen LogP contribution in [0, 0.1) is 5.82 Å². The quantitative estimate of drug-likeness (QED) is 0.593. The van der Waals surface area contributed by atoms with Crippen molar-refractivity contribution in [1.29, 1.82) is 0 Å². The molecule has 4 rings (SSSR count). The summed E-state index contributed by atoms with van der Waals surface area (Å²) in [5, 5.41) is 11.0. The van der Waals surface area contributed by atoms with E-state index in [-0.39, 0.29) is 29.3 Å². The maximum atomic E-state index is 12.9. The average Bonchev–Trinajstić information content (AvgIpc) is 3.22. The maximum Gasteiger partial charge on any atom is 0.277 e. The van der Waals surface area contributed by atoms with E-state index in [2.05, 4.69) is 15.5 Å². The molecule has 1 N–H and O–H groups in total. The number of amides is 1. The number of nitrogens with one attached hydrogen (secondary N) is 1. The lowest BCUT2D eigenvalue weighted by Gasteiger charge is -2.23. The number of nitrogens with zero attached hydrogens (tertiary/aromatic N) is 2. The first-order valence-corrected chi connectivity index (χ1v) is 10.0. The number of ether oxygens (including phenoxy) is 2. The lowest BCUT2D eigenvalue weighted by atomic mass is 10.1. The van der Waals surface area contributed by atoms with Crippen molar-refractivity contribution in [2.24, 2.45) is 0 Å². The molecule has 3 aromatic rings. The predicted octanol–water partition coefficient (Wildman–Crippen LogP) is 3.17. The van der Waals surface area contributed by atoms with Gasteiger partial charge in [0.25, 0.3) is 11.1 Å². The zero-order valence-electron chi connectivity index (χ0n) is 15.3. The van der Waals surface area contributed by atoms with Crippen LogP contribution in [0.2, 0.25) is 0 Å². The fraction of sp³-hybridized carbons (Fsp3) is 0.250. The second-order valence-electron chi connectivity index (χ2n) is 6.29. The van der Waals surface area contributed by atoms with Crippen molar-refractivity contribution in [2.75, 3.05) is 18.9 Å². The molecule has 2 aromatic carbocycles. The first-order valence-electron chi connectivity index (χ1n) is 9.03. The van der Waals surface area contributed by atoms with Crippen LogP contribution in [0.1, 0.15) is 17.6 Å². The fourth-order valence-corrected chi connectivity index (χ4v) is 3.33. The lowest BCUT2D eigenvalue weighted by Crippen LogP contribution is -2.27. The van der Waals surface area contributed by atoms with Gasteiger partial charge in [-0.2, -0.15) is 0 Å². The Kier molecular flexibility index (Phi) is 5.95. The number of carbonyl (C=O) groups is 1. The van der Waals surface area contributed by atoms with Gasteiger partial charge in [0.05, 0.1) is 5.75 Å². The van der Waals surface area contributed by atoms with Gasteiger partial charge in [0.15, 0.2) is 11.5 Å². The maximum absolute atomic E-state index is 12.9. The summed E-state index contributed by atoms with van der Waals surface area (Å²) < 4.78 is 29.9. The number of carbonyl (C=O) groups excluding carboxylic acids is 1. The van der Waals surface area contributed by atoms with E-state index in [0.29, 0.717) is 30.4 Å². The minimum absolute atomic E-state index is 0.149. The lowest BCUT2D eigenvalue weighted by molar-refractivity contribution is -0.118. The third kappa shape index (κ3) is 5.05. The van der Waals surface area contributed by atoms with E-state index in [1.807, 2.05) is 24.3 Å². The van der Waals surface area contributed by atoms with Gasteiger partial charge in [0.2, 0.25) is 12.0 Å². The van der Waals surface area contributed by atoms with E-state index in [1.165, 1.54) is 12.1 Å². The summed E-state index contributed by atoms with van der Waals surface area (Å²) in [6, 6.07) is 13.6. The van der Waals surface area contributed by atoms with Crippen LogP contribution < -0.4 is 14.8 Å². The molecule has 0 saturated heterocycles. The molecule has 0 unspecified atom stereocenters. The molecule has 1 atom stereocenters. The van der Waals surface area contributed by atoms with Crippen LogP contribution >= 0.6 is 11.8 Å². The van der Waals surface area contributed by atoms with Crippen LogP contribution in [0.25, 0.3) is 0 Å². The zero-order valence-corrected chi connectivity index (χ0v) is 16.2. The summed E-state index contributed by atoms with van der Waals surface area (Å²) >= 11 is 1.15. The van der Waals surface area contributed by atoms with Crippen molar-refractivity contribution in [2.45, 2.75) is 17.7 Å². The molecule has 0 bridgehead atoms. The molecule has 1 aromatic heterocycles. The van der Waals surface area contributed by atoms with Gasteiger partial charge in [-0.15, -0.1) is 10.2 Å². The number of aromatic nitrogens is 2. The highest BCUT2D eigenvalue weighted by Crippen LogP contribution is 2.35. The minimum Gasteiger partial charge on any atom is -0.485 e. The van der Waals surface area contributed by atoms with E-state index in [9.17, 15) is 9.18 Å². The Morgan fingerprint density at radius 3 is 2.76 bits per heavy atom. The molecule has 1 aliphatic heterocycles. The van der Waals surface area contributed by atoms with Crippen molar-refractivity contribution in [3.05, 3.63) is 65.8 Å². The van der Waals surface area contributed by atoms with Crippen molar-refractivity contribution in [3.63, 3.8) is 0 Å². The number of fused-ring (bicyclic) bond motifs is 1. The number of rotatable bonds is 7. The molecular weight excluding hydrogens is 397 g/mol. The minimum atomic E-state index is -0.490. The van der Waals surface area contributed by atoms with Gasteiger partial charge in [-0.05, 0) is 36.2 Å². The van der Waals surface area contributed by atoms with Gasteiger partial charge in [-0.1, -0.05) is 36.0 Å². The number of benzene rings is 2. The first-order chi connectivity index (χ1) is 14.2. The van der Waals surface area contributed by atoms with Crippen LogP contribution in [0.3, 0.4) is 0 Å². The van der Waals surface area contributed by atoms with Gasteiger partial charge < -0.3 is 19.2 Å². The molecule has 0 radical (unpaired) electrons. The van der Waals surface area contributed by atoms with Crippen LogP contribution in [0.4, 0.5) is 4.39 Å². The number of hydrogen-bond acceptors (Lipinski definition) is 7. The van der Waals surface area contributed by atoms with Crippen molar-refractivity contribution < 1.29 is 23.1 Å². The van der Waals surface area contributed by atoms with Crippen LogP contribution in [0.5, 0.6) is 11.5 Å². The second-order valence-corrected chi connectivity index (χ2v) is 7.21. The summed E-state index contributed by atoms with van der Waals surface area (Å²) in [6.07, 6.45) is 0.137. The van der Waals surface area contributed by atoms with E-state index in [1.54, 1.807) is 12.1 Å². The van der Waals surface area contributed by atoms with Gasteiger partial charge in [-0.3, -0.25) is 4.79 Å². The Labute approximate surface area is 170 Å². The second kappa shape index (κ2) is 8.95. The predicted molar refractivity (Wildman–Crippen MR) is 103 cm³/mol.